The molecule has 1 aromatic rings. The lowest BCUT2D eigenvalue weighted by Crippen LogP contribution is -2.39. The van der Waals surface area contributed by atoms with Crippen molar-refractivity contribution in [3.8, 4) is 6.07 Å². The molecule has 1 aliphatic heterocycles. The number of carboxylic acids is 1. The smallest absolute Gasteiger partial charge is 0.311 e. The minimum atomic E-state index is -0.764. The van der Waals surface area contributed by atoms with Crippen molar-refractivity contribution in [3.63, 3.8) is 0 Å². The first-order chi connectivity index (χ1) is 9.89. The van der Waals surface area contributed by atoms with E-state index < -0.39 is 17.2 Å². The third-order valence-electron chi connectivity index (χ3n) is 4.50. The number of hydrogen-bond acceptors (Lipinski definition) is 3. The van der Waals surface area contributed by atoms with E-state index in [-0.39, 0.29) is 5.92 Å². The molecular weight excluding hydrogens is 271 g/mol. The summed E-state index contributed by atoms with van der Waals surface area (Å²) in [5.74, 6) is -1.15. The van der Waals surface area contributed by atoms with Crippen molar-refractivity contribution in [1.82, 2.24) is 4.90 Å². The van der Waals surface area contributed by atoms with Crippen LogP contribution in [-0.2, 0) is 11.3 Å². The number of nitriles is 1. The van der Waals surface area contributed by atoms with Crippen molar-refractivity contribution in [3.05, 3.63) is 35.1 Å². The lowest BCUT2D eigenvalue weighted by atomic mass is 9.76. The summed E-state index contributed by atoms with van der Waals surface area (Å²) in [5, 5.41) is 18.6. The molecule has 112 valence electrons. The van der Waals surface area contributed by atoms with Crippen LogP contribution in [0.5, 0.6) is 0 Å². The Kier molecular flexibility index (Phi) is 4.29. The number of hydrogen-bond donors (Lipinski definition) is 1. The molecule has 1 fully saturated rings. The molecule has 1 unspecified atom stereocenters. The summed E-state index contributed by atoms with van der Waals surface area (Å²) < 4.78 is 13.1. The van der Waals surface area contributed by atoms with E-state index in [1.165, 1.54) is 12.1 Å². The van der Waals surface area contributed by atoms with E-state index in [4.69, 9.17) is 5.26 Å². The van der Waals surface area contributed by atoms with Gasteiger partial charge in [-0.05, 0) is 36.6 Å². The van der Waals surface area contributed by atoms with Crippen LogP contribution in [0.2, 0.25) is 0 Å². The van der Waals surface area contributed by atoms with Gasteiger partial charge in [0.25, 0.3) is 0 Å². The zero-order valence-electron chi connectivity index (χ0n) is 12.3. The van der Waals surface area contributed by atoms with Gasteiger partial charge < -0.3 is 5.11 Å². The Morgan fingerprint density at radius 1 is 1.57 bits per heavy atom. The molecule has 4 nitrogen and oxygen atoms in total. The second kappa shape index (κ2) is 5.82. The Morgan fingerprint density at radius 3 is 2.81 bits per heavy atom. The van der Waals surface area contributed by atoms with E-state index in [2.05, 4.69) is 0 Å². The first kappa shape index (κ1) is 15.5. The molecule has 1 atom stereocenters. The van der Waals surface area contributed by atoms with Crippen molar-refractivity contribution < 1.29 is 14.3 Å². The molecule has 0 spiro atoms. The van der Waals surface area contributed by atoms with Crippen LogP contribution in [0.15, 0.2) is 18.2 Å². The quantitative estimate of drug-likeness (QED) is 0.926. The fourth-order valence-electron chi connectivity index (χ4n) is 2.97. The highest BCUT2D eigenvalue weighted by atomic mass is 19.1. The van der Waals surface area contributed by atoms with Gasteiger partial charge in [0.2, 0.25) is 0 Å². The molecule has 1 aliphatic rings. The monoisotopic (exact) mass is 290 g/mol. The molecule has 0 aromatic heterocycles. The molecule has 1 heterocycles. The van der Waals surface area contributed by atoms with Crippen LogP contribution in [0.4, 0.5) is 4.39 Å². The lowest BCUT2D eigenvalue weighted by Gasteiger charge is -2.29. The highest BCUT2D eigenvalue weighted by Gasteiger charge is 2.47. The topological polar surface area (TPSA) is 64.3 Å². The van der Waals surface area contributed by atoms with Crippen molar-refractivity contribution in [2.75, 3.05) is 13.1 Å². The fourth-order valence-corrected chi connectivity index (χ4v) is 2.97. The lowest BCUT2D eigenvalue weighted by molar-refractivity contribution is -0.151. The average Bonchev–Trinajstić information content (AvgIpc) is 2.86. The number of rotatable bonds is 4. The van der Waals surface area contributed by atoms with Gasteiger partial charge in [0.15, 0.2) is 0 Å². The molecule has 2 rings (SSSR count). The number of halogens is 1. The average molecular weight is 290 g/mol. The fraction of sp³-hybridized carbons (Fsp3) is 0.500. The van der Waals surface area contributed by atoms with Crippen LogP contribution < -0.4 is 0 Å². The number of carbonyl (C=O) groups is 1. The van der Waals surface area contributed by atoms with Crippen LogP contribution >= 0.6 is 0 Å². The summed E-state index contributed by atoms with van der Waals surface area (Å²) >= 11 is 0. The Morgan fingerprint density at radius 2 is 2.29 bits per heavy atom. The first-order valence-electron chi connectivity index (χ1n) is 7.03. The Balaban J connectivity index is 2.17. The van der Waals surface area contributed by atoms with E-state index in [1.54, 1.807) is 6.07 Å². The molecule has 0 aliphatic carbocycles. The standard InChI is InChI=1S/C16H19FN2O2/c1-11(2)16(15(20)21)5-6-19(10-16)9-12-3-4-14(17)7-13(12)8-18/h3-4,7,11H,5-6,9-10H2,1-2H3,(H,20,21). The van der Waals surface area contributed by atoms with Crippen molar-refractivity contribution in [1.29, 1.82) is 5.26 Å². The highest BCUT2D eigenvalue weighted by molar-refractivity contribution is 5.75. The Bertz CT molecular complexity index is 594. The van der Waals surface area contributed by atoms with Crippen LogP contribution in [0.1, 0.15) is 31.4 Å². The van der Waals surface area contributed by atoms with Crippen molar-refractivity contribution in [2.45, 2.75) is 26.8 Å². The largest absolute Gasteiger partial charge is 0.481 e. The molecule has 1 saturated heterocycles. The van der Waals surface area contributed by atoms with Crippen LogP contribution in [0.3, 0.4) is 0 Å². The van der Waals surface area contributed by atoms with E-state index >= 15 is 0 Å². The van der Waals surface area contributed by atoms with Crippen LogP contribution in [0, 0.1) is 28.5 Å². The van der Waals surface area contributed by atoms with Gasteiger partial charge in [-0.25, -0.2) is 4.39 Å². The minimum absolute atomic E-state index is 0.0451. The zero-order chi connectivity index (χ0) is 15.6. The summed E-state index contributed by atoms with van der Waals surface area (Å²) in [6.45, 7) is 5.46. The molecule has 1 aromatic carbocycles. The molecule has 0 bridgehead atoms. The number of carboxylic acid groups (broad SMARTS) is 1. The predicted molar refractivity (Wildman–Crippen MR) is 75.9 cm³/mol. The summed E-state index contributed by atoms with van der Waals surface area (Å²) in [6, 6.07) is 6.15. The van der Waals surface area contributed by atoms with E-state index in [9.17, 15) is 14.3 Å². The van der Waals surface area contributed by atoms with Gasteiger partial charge in [-0.1, -0.05) is 19.9 Å². The van der Waals surface area contributed by atoms with E-state index in [0.29, 0.717) is 31.6 Å². The molecular formula is C16H19FN2O2. The van der Waals surface area contributed by atoms with E-state index in [0.717, 1.165) is 5.56 Å². The third kappa shape index (κ3) is 2.91. The van der Waals surface area contributed by atoms with Gasteiger partial charge in [0.1, 0.15) is 5.82 Å². The third-order valence-corrected chi connectivity index (χ3v) is 4.50. The van der Waals surface area contributed by atoms with Gasteiger partial charge in [0, 0.05) is 13.1 Å². The number of benzene rings is 1. The van der Waals surface area contributed by atoms with Crippen molar-refractivity contribution in [2.24, 2.45) is 11.3 Å². The minimum Gasteiger partial charge on any atom is -0.481 e. The molecule has 21 heavy (non-hydrogen) atoms. The van der Waals surface area contributed by atoms with Gasteiger partial charge in [0.05, 0.1) is 17.0 Å². The summed E-state index contributed by atoms with van der Waals surface area (Å²) in [4.78, 5) is 13.6. The van der Waals surface area contributed by atoms with Gasteiger partial charge >= 0.3 is 5.97 Å². The molecule has 0 amide bonds. The molecule has 0 saturated carbocycles. The zero-order valence-corrected chi connectivity index (χ0v) is 12.3. The SMILES string of the molecule is CC(C)C1(C(=O)O)CCN(Cc2ccc(F)cc2C#N)C1. The Hall–Kier alpha value is -1.93. The maximum atomic E-state index is 13.1. The van der Waals surface area contributed by atoms with Crippen LogP contribution in [-0.4, -0.2) is 29.1 Å². The van der Waals surface area contributed by atoms with E-state index in [1.807, 2.05) is 24.8 Å². The summed E-state index contributed by atoms with van der Waals surface area (Å²) in [7, 11) is 0. The summed E-state index contributed by atoms with van der Waals surface area (Å²) in [6.07, 6.45) is 0.600. The van der Waals surface area contributed by atoms with Gasteiger partial charge in [-0.15, -0.1) is 0 Å². The summed E-state index contributed by atoms with van der Waals surface area (Å²) in [5.41, 5.74) is 0.323. The maximum Gasteiger partial charge on any atom is 0.311 e. The van der Waals surface area contributed by atoms with Gasteiger partial charge in [-0.2, -0.15) is 5.26 Å². The molecule has 0 radical (unpaired) electrons. The maximum absolute atomic E-state index is 13.1. The number of likely N-dealkylation sites (tertiary alicyclic amines) is 1. The van der Waals surface area contributed by atoms with Crippen molar-refractivity contribution >= 4 is 5.97 Å². The Labute approximate surface area is 123 Å². The second-order valence-corrected chi connectivity index (χ2v) is 5.99. The van der Waals surface area contributed by atoms with Gasteiger partial charge in [-0.3, -0.25) is 9.69 Å². The normalized spacial score (nSPS) is 22.4. The highest BCUT2D eigenvalue weighted by Crippen LogP contribution is 2.38. The molecule has 1 N–H and O–H groups in total. The number of nitrogens with zero attached hydrogens (tertiary/aromatic N) is 2. The second-order valence-electron chi connectivity index (χ2n) is 5.99. The first-order valence-corrected chi connectivity index (χ1v) is 7.03. The molecule has 5 heteroatoms. The van der Waals surface area contributed by atoms with Crippen LogP contribution in [0.25, 0.3) is 0 Å². The number of aliphatic carboxylic acids is 1. The predicted octanol–water partition coefficient (Wildman–Crippen LogP) is 2.63.